The largest absolute Gasteiger partial charge is 0.481 e. The molecule has 0 spiro atoms. The first kappa shape index (κ1) is 23.4. The van der Waals surface area contributed by atoms with Crippen LogP contribution >= 0.6 is 37.2 Å². The molecule has 0 atom stereocenters. The average molecular weight is 262 g/mol. The van der Waals surface area contributed by atoms with Crippen molar-refractivity contribution >= 4 is 43.2 Å². The van der Waals surface area contributed by atoms with Crippen LogP contribution in [0, 0.1) is 6.92 Å². The molecular weight excluding hydrogens is 246 g/mol. The van der Waals surface area contributed by atoms with Gasteiger partial charge in [-0.1, -0.05) is 35.9 Å². The molecule has 0 heterocycles. The van der Waals surface area contributed by atoms with Gasteiger partial charge in [0, 0.05) is 6.92 Å². The van der Waals surface area contributed by atoms with Crippen molar-refractivity contribution in [1.82, 2.24) is 0 Å². The maximum Gasteiger partial charge on any atom is 0.300 e. The molecule has 0 saturated carbocycles. The molecule has 0 aliphatic carbocycles. The molecule has 5 heteroatoms. The van der Waals surface area contributed by atoms with Crippen molar-refractivity contribution in [3.05, 3.63) is 35.9 Å². The summed E-state index contributed by atoms with van der Waals surface area (Å²) in [4.78, 5) is 9.00. The minimum absolute atomic E-state index is 0. The second-order valence-electron chi connectivity index (χ2n) is 2.17. The molecule has 0 aliphatic heterocycles. The van der Waals surface area contributed by atoms with Gasteiger partial charge in [0.05, 0.1) is 0 Å². The molecule has 1 aromatic carbocycles. The fourth-order valence-corrected chi connectivity index (χ4v) is 0.534. The van der Waals surface area contributed by atoms with Crippen LogP contribution in [-0.4, -0.2) is 11.1 Å². The summed E-state index contributed by atoms with van der Waals surface area (Å²) in [6.45, 7) is 3.17. The second kappa shape index (κ2) is 15.1. The van der Waals surface area contributed by atoms with Crippen molar-refractivity contribution in [3.8, 4) is 0 Å². The summed E-state index contributed by atoms with van der Waals surface area (Å²) in [5.74, 6) is -0.833. The molecule has 0 bridgehead atoms. The van der Waals surface area contributed by atoms with E-state index in [0.29, 0.717) is 0 Å². The zero-order chi connectivity index (χ0) is 8.69. The van der Waals surface area contributed by atoms with Crippen LogP contribution in [0.4, 0.5) is 0 Å². The zero-order valence-electron chi connectivity index (χ0n) is 7.97. The topological polar surface area (TPSA) is 37.3 Å². The van der Waals surface area contributed by atoms with Crippen molar-refractivity contribution in [2.24, 2.45) is 0 Å². The van der Waals surface area contributed by atoms with Crippen LogP contribution < -0.4 is 0 Å². The minimum atomic E-state index is -0.833. The van der Waals surface area contributed by atoms with E-state index in [1.807, 2.05) is 18.2 Å². The molecule has 0 saturated heterocycles. The van der Waals surface area contributed by atoms with Crippen LogP contribution in [0.3, 0.4) is 0 Å². The third-order valence-electron chi connectivity index (χ3n) is 0.940. The standard InChI is InChI=1S/C7H8.C2H4O2.3ClH/c1-7-5-3-2-4-6-7;1-2(3)4;;;/h2-6H,1H3;1H3,(H,3,4);3*1H. The van der Waals surface area contributed by atoms with Crippen LogP contribution in [0.15, 0.2) is 30.3 Å². The van der Waals surface area contributed by atoms with Gasteiger partial charge in [0.25, 0.3) is 5.97 Å². The number of carboxylic acid groups (broad SMARTS) is 1. The van der Waals surface area contributed by atoms with Gasteiger partial charge in [0.2, 0.25) is 0 Å². The normalized spacial score (nSPS) is 6.14. The summed E-state index contributed by atoms with van der Waals surface area (Å²) in [6.07, 6.45) is 0. The average Bonchev–Trinajstić information content (AvgIpc) is 1.87. The molecule has 2 nitrogen and oxygen atoms in total. The quantitative estimate of drug-likeness (QED) is 0.778. The molecule has 0 aliphatic rings. The maximum atomic E-state index is 9.00. The lowest BCUT2D eigenvalue weighted by Gasteiger charge is -1.82. The lowest BCUT2D eigenvalue weighted by atomic mass is 10.2. The van der Waals surface area contributed by atoms with Crippen LogP contribution in [0.25, 0.3) is 0 Å². The second-order valence-corrected chi connectivity index (χ2v) is 2.17. The number of hydrogen-bond acceptors (Lipinski definition) is 1. The van der Waals surface area contributed by atoms with Gasteiger partial charge in [0.1, 0.15) is 0 Å². The summed E-state index contributed by atoms with van der Waals surface area (Å²) in [7, 11) is 0. The van der Waals surface area contributed by atoms with Gasteiger partial charge in [-0.15, -0.1) is 37.2 Å². The number of rotatable bonds is 0. The zero-order valence-corrected chi connectivity index (χ0v) is 10.4. The Morgan fingerprint density at radius 3 is 1.50 bits per heavy atom. The summed E-state index contributed by atoms with van der Waals surface area (Å²) in [6, 6.07) is 10.3. The van der Waals surface area contributed by atoms with E-state index in [2.05, 4.69) is 19.1 Å². The molecule has 1 N–H and O–H groups in total. The fourth-order valence-electron chi connectivity index (χ4n) is 0.534. The Labute approximate surface area is 103 Å². The van der Waals surface area contributed by atoms with Gasteiger partial charge < -0.3 is 5.11 Å². The van der Waals surface area contributed by atoms with E-state index in [0.717, 1.165) is 6.92 Å². The smallest absolute Gasteiger partial charge is 0.300 e. The SMILES string of the molecule is CC(=O)O.Cc1ccccc1.Cl.Cl.Cl. The highest BCUT2D eigenvalue weighted by atomic mass is 35.5. The number of hydrogen-bond donors (Lipinski definition) is 1. The van der Waals surface area contributed by atoms with E-state index in [9.17, 15) is 0 Å². The first-order valence-corrected chi connectivity index (χ1v) is 3.34. The molecule has 0 aromatic heterocycles. The summed E-state index contributed by atoms with van der Waals surface area (Å²) < 4.78 is 0. The van der Waals surface area contributed by atoms with Crippen LogP contribution in [0.2, 0.25) is 0 Å². The van der Waals surface area contributed by atoms with Crippen molar-refractivity contribution in [1.29, 1.82) is 0 Å². The van der Waals surface area contributed by atoms with Crippen LogP contribution in [0.5, 0.6) is 0 Å². The van der Waals surface area contributed by atoms with Gasteiger partial charge in [-0.25, -0.2) is 0 Å². The van der Waals surface area contributed by atoms with Crippen molar-refractivity contribution in [2.75, 3.05) is 0 Å². The number of carboxylic acids is 1. The molecule has 1 aromatic rings. The molecule has 1 rings (SSSR count). The highest BCUT2D eigenvalue weighted by Crippen LogP contribution is 1.92. The Bertz CT molecular complexity index is 211. The van der Waals surface area contributed by atoms with E-state index in [4.69, 9.17) is 9.90 Å². The minimum Gasteiger partial charge on any atom is -0.481 e. The van der Waals surface area contributed by atoms with E-state index >= 15 is 0 Å². The highest BCUT2D eigenvalue weighted by Gasteiger charge is 1.72. The molecule has 0 fully saturated rings. The van der Waals surface area contributed by atoms with E-state index < -0.39 is 5.97 Å². The molecule has 84 valence electrons. The molecular formula is C9H15Cl3O2. The first-order valence-electron chi connectivity index (χ1n) is 3.34. The van der Waals surface area contributed by atoms with E-state index in [-0.39, 0.29) is 37.2 Å². The van der Waals surface area contributed by atoms with Gasteiger partial charge >= 0.3 is 0 Å². The monoisotopic (exact) mass is 260 g/mol. The Morgan fingerprint density at radius 2 is 1.36 bits per heavy atom. The van der Waals surface area contributed by atoms with Gasteiger partial charge in [-0.2, -0.15) is 0 Å². The maximum absolute atomic E-state index is 9.00. The summed E-state index contributed by atoms with van der Waals surface area (Å²) in [5, 5.41) is 7.42. The Hall–Kier alpha value is -0.440. The fraction of sp³-hybridized carbons (Fsp3) is 0.222. The Morgan fingerprint density at radius 1 is 1.07 bits per heavy atom. The number of benzene rings is 1. The van der Waals surface area contributed by atoms with Crippen molar-refractivity contribution in [2.45, 2.75) is 13.8 Å². The summed E-state index contributed by atoms with van der Waals surface area (Å²) in [5.41, 5.74) is 1.32. The molecule has 0 radical (unpaired) electrons. The third kappa shape index (κ3) is 22.6. The first-order chi connectivity index (χ1) is 5.13. The highest BCUT2D eigenvalue weighted by molar-refractivity contribution is 5.86. The number of aliphatic carboxylic acids is 1. The lowest BCUT2D eigenvalue weighted by Crippen LogP contribution is -1.78. The third-order valence-corrected chi connectivity index (χ3v) is 0.940. The van der Waals surface area contributed by atoms with Gasteiger partial charge in [-0.05, 0) is 6.92 Å². The predicted octanol–water partition coefficient (Wildman–Crippen LogP) is 3.35. The lowest BCUT2D eigenvalue weighted by molar-refractivity contribution is -0.134. The van der Waals surface area contributed by atoms with Crippen molar-refractivity contribution in [3.63, 3.8) is 0 Å². The molecule has 0 amide bonds. The molecule has 14 heavy (non-hydrogen) atoms. The van der Waals surface area contributed by atoms with Crippen LogP contribution in [-0.2, 0) is 4.79 Å². The van der Waals surface area contributed by atoms with Gasteiger partial charge in [-0.3, -0.25) is 4.79 Å². The van der Waals surface area contributed by atoms with Crippen molar-refractivity contribution < 1.29 is 9.90 Å². The number of halogens is 3. The predicted molar refractivity (Wildman–Crippen MR) is 66.2 cm³/mol. The van der Waals surface area contributed by atoms with Gasteiger partial charge in [0.15, 0.2) is 0 Å². The Balaban J connectivity index is -0.0000000650. The molecule has 0 unspecified atom stereocenters. The number of aryl methyl sites for hydroxylation is 1. The van der Waals surface area contributed by atoms with E-state index in [1.54, 1.807) is 0 Å². The van der Waals surface area contributed by atoms with E-state index in [1.165, 1.54) is 5.56 Å². The van der Waals surface area contributed by atoms with Crippen LogP contribution in [0.1, 0.15) is 12.5 Å². The number of carbonyl (C=O) groups is 1. The summed E-state index contributed by atoms with van der Waals surface area (Å²) >= 11 is 0. The Kier molecular flexibility index (Phi) is 25.2.